The van der Waals surface area contributed by atoms with E-state index in [2.05, 4.69) is 16.9 Å². The van der Waals surface area contributed by atoms with Gasteiger partial charge in [0.1, 0.15) is 11.5 Å². The summed E-state index contributed by atoms with van der Waals surface area (Å²) < 4.78 is 0. The molecule has 3 nitrogen and oxygen atoms in total. The summed E-state index contributed by atoms with van der Waals surface area (Å²) in [6, 6.07) is 3.95. The Bertz CT molecular complexity index is 305. The van der Waals surface area contributed by atoms with Gasteiger partial charge >= 0.3 is 0 Å². The number of nitrogens with two attached hydrogens (primary N) is 1. The summed E-state index contributed by atoms with van der Waals surface area (Å²) in [5, 5.41) is 0. The van der Waals surface area contributed by atoms with Crippen molar-refractivity contribution in [2.24, 2.45) is 10.7 Å². The van der Waals surface area contributed by atoms with Crippen LogP contribution in [0.1, 0.15) is 25.1 Å². The van der Waals surface area contributed by atoms with Gasteiger partial charge in [-0.2, -0.15) is 0 Å². The van der Waals surface area contributed by atoms with Gasteiger partial charge in [0.2, 0.25) is 0 Å². The Morgan fingerprint density at radius 2 is 2.31 bits per heavy atom. The van der Waals surface area contributed by atoms with E-state index in [1.807, 2.05) is 19.1 Å². The molecule has 0 amide bonds. The predicted octanol–water partition coefficient (Wildman–Crippen LogP) is 1.37. The molecule has 1 aromatic heterocycles. The molecule has 0 saturated heterocycles. The maximum atomic E-state index is 5.77. The van der Waals surface area contributed by atoms with Crippen molar-refractivity contribution in [3.63, 3.8) is 0 Å². The van der Waals surface area contributed by atoms with Gasteiger partial charge in [-0.3, -0.25) is 9.98 Å². The largest absolute Gasteiger partial charge is 0.382 e. The van der Waals surface area contributed by atoms with E-state index < -0.39 is 0 Å². The molecular weight excluding hydrogens is 162 g/mol. The molecule has 0 spiro atoms. The van der Waals surface area contributed by atoms with Crippen LogP contribution >= 0.6 is 0 Å². The summed E-state index contributed by atoms with van der Waals surface area (Å²) in [5.41, 5.74) is 7.75. The molecule has 0 aliphatic heterocycles. The highest BCUT2D eigenvalue weighted by Gasteiger charge is 2.04. The lowest BCUT2D eigenvalue weighted by Gasteiger charge is -2.04. The van der Waals surface area contributed by atoms with Crippen LogP contribution in [0.25, 0.3) is 0 Å². The SMILES string of the molecule is CCN=C(N)c1ncccc1CC. The Morgan fingerprint density at radius 1 is 1.54 bits per heavy atom. The van der Waals surface area contributed by atoms with Crippen molar-refractivity contribution in [2.45, 2.75) is 20.3 Å². The van der Waals surface area contributed by atoms with Gasteiger partial charge in [0, 0.05) is 12.7 Å². The third-order valence-electron chi connectivity index (χ3n) is 1.84. The number of nitrogens with zero attached hydrogens (tertiary/aromatic N) is 2. The maximum Gasteiger partial charge on any atom is 0.144 e. The van der Waals surface area contributed by atoms with Gasteiger partial charge in [0.25, 0.3) is 0 Å². The molecule has 1 aromatic rings. The van der Waals surface area contributed by atoms with Gasteiger partial charge < -0.3 is 5.73 Å². The molecule has 70 valence electrons. The molecule has 1 rings (SSSR count). The molecule has 0 aromatic carbocycles. The molecule has 0 bridgehead atoms. The normalized spacial score (nSPS) is 11.7. The van der Waals surface area contributed by atoms with Crippen LogP contribution in [0.3, 0.4) is 0 Å². The highest BCUT2D eigenvalue weighted by molar-refractivity contribution is 5.96. The molecule has 2 N–H and O–H groups in total. The molecular formula is C10H15N3. The summed E-state index contributed by atoms with van der Waals surface area (Å²) in [5.74, 6) is 0.542. The van der Waals surface area contributed by atoms with Crippen LogP contribution in [0.5, 0.6) is 0 Å². The Balaban J connectivity index is 3.05. The topological polar surface area (TPSA) is 51.3 Å². The second kappa shape index (κ2) is 4.60. The third-order valence-corrected chi connectivity index (χ3v) is 1.84. The maximum absolute atomic E-state index is 5.77. The number of hydrogen-bond acceptors (Lipinski definition) is 2. The van der Waals surface area contributed by atoms with Gasteiger partial charge in [-0.05, 0) is 25.0 Å². The van der Waals surface area contributed by atoms with Crippen molar-refractivity contribution < 1.29 is 0 Å². The lowest BCUT2D eigenvalue weighted by molar-refractivity contribution is 1.06. The molecule has 0 atom stereocenters. The number of hydrogen-bond donors (Lipinski definition) is 1. The Morgan fingerprint density at radius 3 is 2.92 bits per heavy atom. The summed E-state index contributed by atoms with van der Waals surface area (Å²) >= 11 is 0. The van der Waals surface area contributed by atoms with Gasteiger partial charge in [-0.15, -0.1) is 0 Å². The number of aromatic nitrogens is 1. The van der Waals surface area contributed by atoms with Gasteiger partial charge in [-0.1, -0.05) is 13.0 Å². The average molecular weight is 177 g/mol. The number of amidine groups is 1. The molecule has 0 aliphatic rings. The molecule has 0 aliphatic carbocycles. The van der Waals surface area contributed by atoms with Gasteiger partial charge in [0.15, 0.2) is 0 Å². The number of pyridine rings is 1. The van der Waals surface area contributed by atoms with E-state index in [-0.39, 0.29) is 0 Å². The summed E-state index contributed by atoms with van der Waals surface area (Å²) in [7, 11) is 0. The Labute approximate surface area is 78.7 Å². The monoisotopic (exact) mass is 177 g/mol. The minimum Gasteiger partial charge on any atom is -0.382 e. The molecule has 0 saturated carbocycles. The lowest BCUT2D eigenvalue weighted by atomic mass is 10.1. The van der Waals surface area contributed by atoms with Crippen molar-refractivity contribution in [3.05, 3.63) is 29.6 Å². The van der Waals surface area contributed by atoms with Crippen molar-refractivity contribution >= 4 is 5.84 Å². The first kappa shape index (κ1) is 9.71. The zero-order chi connectivity index (χ0) is 9.68. The first-order chi connectivity index (χ1) is 6.29. The van der Waals surface area contributed by atoms with E-state index in [9.17, 15) is 0 Å². The van der Waals surface area contributed by atoms with E-state index in [0.29, 0.717) is 12.4 Å². The summed E-state index contributed by atoms with van der Waals surface area (Å²) in [4.78, 5) is 8.35. The van der Waals surface area contributed by atoms with E-state index in [1.54, 1.807) is 6.20 Å². The second-order valence-corrected chi connectivity index (χ2v) is 2.72. The first-order valence-corrected chi connectivity index (χ1v) is 4.53. The van der Waals surface area contributed by atoms with Crippen molar-refractivity contribution in [3.8, 4) is 0 Å². The number of aliphatic imine (C=N–C) groups is 1. The van der Waals surface area contributed by atoms with E-state index >= 15 is 0 Å². The molecule has 13 heavy (non-hydrogen) atoms. The van der Waals surface area contributed by atoms with Crippen LogP contribution in [0.4, 0.5) is 0 Å². The fourth-order valence-corrected chi connectivity index (χ4v) is 1.20. The van der Waals surface area contributed by atoms with Crippen LogP contribution in [0.2, 0.25) is 0 Å². The van der Waals surface area contributed by atoms with Crippen LogP contribution in [-0.4, -0.2) is 17.4 Å². The summed E-state index contributed by atoms with van der Waals surface area (Å²) in [6.07, 6.45) is 2.68. The van der Waals surface area contributed by atoms with Crippen LogP contribution < -0.4 is 5.73 Å². The van der Waals surface area contributed by atoms with Crippen LogP contribution in [0.15, 0.2) is 23.3 Å². The number of aryl methyl sites for hydroxylation is 1. The minimum atomic E-state index is 0.542. The van der Waals surface area contributed by atoms with Gasteiger partial charge in [-0.25, -0.2) is 0 Å². The van der Waals surface area contributed by atoms with Crippen molar-refractivity contribution in [1.82, 2.24) is 4.98 Å². The molecule has 1 heterocycles. The fourth-order valence-electron chi connectivity index (χ4n) is 1.20. The zero-order valence-corrected chi connectivity index (χ0v) is 8.12. The molecule has 0 radical (unpaired) electrons. The van der Waals surface area contributed by atoms with Crippen molar-refractivity contribution in [1.29, 1.82) is 0 Å². The standard InChI is InChI=1S/C10H15N3/c1-3-8-6-5-7-13-9(8)10(11)12-4-2/h5-7H,3-4H2,1-2H3,(H2,11,12). The highest BCUT2D eigenvalue weighted by Crippen LogP contribution is 2.05. The molecule has 0 unspecified atom stereocenters. The van der Waals surface area contributed by atoms with Crippen molar-refractivity contribution in [2.75, 3.05) is 6.54 Å². The molecule has 0 fully saturated rings. The fraction of sp³-hybridized carbons (Fsp3) is 0.400. The molecule has 3 heteroatoms. The Kier molecular flexibility index (Phi) is 3.43. The third kappa shape index (κ3) is 2.28. The summed E-state index contributed by atoms with van der Waals surface area (Å²) in [6.45, 7) is 4.74. The zero-order valence-electron chi connectivity index (χ0n) is 8.12. The lowest BCUT2D eigenvalue weighted by Crippen LogP contribution is -2.17. The minimum absolute atomic E-state index is 0.542. The Hall–Kier alpha value is -1.38. The van der Waals surface area contributed by atoms with Gasteiger partial charge in [0.05, 0.1) is 0 Å². The average Bonchev–Trinajstić information content (AvgIpc) is 2.18. The predicted molar refractivity (Wildman–Crippen MR) is 54.9 cm³/mol. The van der Waals surface area contributed by atoms with Crippen LogP contribution in [-0.2, 0) is 6.42 Å². The smallest absolute Gasteiger partial charge is 0.144 e. The van der Waals surface area contributed by atoms with Crippen LogP contribution in [0, 0.1) is 0 Å². The second-order valence-electron chi connectivity index (χ2n) is 2.72. The van der Waals surface area contributed by atoms with E-state index in [1.165, 1.54) is 0 Å². The van der Waals surface area contributed by atoms with E-state index in [0.717, 1.165) is 17.7 Å². The van der Waals surface area contributed by atoms with E-state index in [4.69, 9.17) is 5.73 Å². The highest BCUT2D eigenvalue weighted by atomic mass is 14.9. The first-order valence-electron chi connectivity index (χ1n) is 4.53. The number of rotatable bonds is 3. The quantitative estimate of drug-likeness (QED) is 0.560.